The quantitative estimate of drug-likeness (QED) is 0.688. The summed E-state index contributed by atoms with van der Waals surface area (Å²) in [5.74, 6) is 0. The first-order valence-electron chi connectivity index (χ1n) is 7.43. The summed E-state index contributed by atoms with van der Waals surface area (Å²) in [6, 6.07) is -0.0111. The van der Waals surface area contributed by atoms with Gasteiger partial charge >= 0.3 is 6.18 Å². The molecule has 0 aromatic heterocycles. The zero-order chi connectivity index (χ0) is 14.1. The largest absolute Gasteiger partial charge is 0.389 e. The number of rotatable bonds is 9. The summed E-state index contributed by atoms with van der Waals surface area (Å²) in [6.45, 7) is 3.67. The molecular formula is C14H26F3NO. The summed E-state index contributed by atoms with van der Waals surface area (Å²) in [5.41, 5.74) is 0. The minimum Gasteiger partial charge on any atom is -0.378 e. The van der Waals surface area contributed by atoms with E-state index in [9.17, 15) is 13.2 Å². The van der Waals surface area contributed by atoms with Crippen LogP contribution in [-0.2, 0) is 4.74 Å². The number of halogens is 3. The van der Waals surface area contributed by atoms with E-state index < -0.39 is 12.6 Å². The van der Waals surface area contributed by atoms with Gasteiger partial charge < -0.3 is 10.1 Å². The van der Waals surface area contributed by atoms with Crippen molar-refractivity contribution >= 4 is 0 Å². The van der Waals surface area contributed by atoms with Crippen molar-refractivity contribution in [2.24, 2.45) is 0 Å². The molecule has 1 aliphatic heterocycles. The van der Waals surface area contributed by atoms with Gasteiger partial charge in [0, 0.05) is 19.1 Å². The minimum atomic E-state index is -4.04. The van der Waals surface area contributed by atoms with E-state index in [1.165, 1.54) is 0 Å². The second kappa shape index (κ2) is 8.80. The van der Waals surface area contributed by atoms with E-state index in [1.807, 2.05) is 6.92 Å². The Balaban J connectivity index is 2.19. The highest BCUT2D eigenvalue weighted by Crippen LogP contribution is 2.24. The van der Waals surface area contributed by atoms with Crippen molar-refractivity contribution in [2.75, 3.05) is 13.2 Å². The lowest BCUT2D eigenvalue weighted by Gasteiger charge is -2.20. The molecule has 1 heterocycles. The fraction of sp³-hybridized carbons (Fsp3) is 1.00. The number of ether oxygens (including phenoxy) is 1. The van der Waals surface area contributed by atoms with Crippen LogP contribution in [0.4, 0.5) is 13.2 Å². The van der Waals surface area contributed by atoms with Crippen LogP contribution in [0.3, 0.4) is 0 Å². The highest BCUT2D eigenvalue weighted by atomic mass is 19.4. The molecule has 1 N–H and O–H groups in total. The molecule has 0 aliphatic carbocycles. The molecule has 2 nitrogen and oxygen atoms in total. The molecule has 0 aromatic rings. The minimum absolute atomic E-state index is 0.0111. The third-order valence-corrected chi connectivity index (χ3v) is 3.56. The molecule has 0 saturated carbocycles. The van der Waals surface area contributed by atoms with Crippen molar-refractivity contribution in [2.45, 2.75) is 76.6 Å². The van der Waals surface area contributed by atoms with Crippen molar-refractivity contribution in [3.63, 3.8) is 0 Å². The Morgan fingerprint density at radius 1 is 1.32 bits per heavy atom. The van der Waals surface area contributed by atoms with Gasteiger partial charge in [0.2, 0.25) is 0 Å². The van der Waals surface area contributed by atoms with Gasteiger partial charge in [-0.2, -0.15) is 13.2 Å². The maximum Gasteiger partial charge on any atom is 0.389 e. The average Bonchev–Trinajstić information content (AvgIpc) is 2.84. The number of alkyl halides is 3. The van der Waals surface area contributed by atoms with Crippen LogP contribution in [0.1, 0.15) is 58.3 Å². The maximum absolute atomic E-state index is 12.3. The Morgan fingerprint density at radius 2 is 2.11 bits per heavy atom. The summed E-state index contributed by atoms with van der Waals surface area (Å²) in [5, 5.41) is 3.23. The Labute approximate surface area is 114 Å². The lowest BCUT2D eigenvalue weighted by Crippen LogP contribution is -2.31. The molecule has 1 rings (SSSR count). The van der Waals surface area contributed by atoms with E-state index in [4.69, 9.17) is 4.74 Å². The first-order valence-corrected chi connectivity index (χ1v) is 7.43. The molecule has 5 heteroatoms. The van der Waals surface area contributed by atoms with Gasteiger partial charge in [0.1, 0.15) is 0 Å². The molecule has 1 fully saturated rings. The maximum atomic E-state index is 12.3. The van der Waals surface area contributed by atoms with Crippen LogP contribution in [0.2, 0.25) is 0 Å². The van der Waals surface area contributed by atoms with E-state index in [0.29, 0.717) is 6.10 Å². The molecule has 1 saturated heterocycles. The van der Waals surface area contributed by atoms with Gasteiger partial charge in [-0.3, -0.25) is 0 Å². The van der Waals surface area contributed by atoms with Crippen LogP contribution in [0.5, 0.6) is 0 Å². The molecule has 114 valence electrons. The SMILES string of the molecule is CCCNC(CCCC1CCCO1)CCC(F)(F)F. The molecule has 2 unspecified atom stereocenters. The molecule has 19 heavy (non-hydrogen) atoms. The molecule has 0 radical (unpaired) electrons. The van der Waals surface area contributed by atoms with E-state index in [-0.39, 0.29) is 12.5 Å². The van der Waals surface area contributed by atoms with Crippen LogP contribution in [0.15, 0.2) is 0 Å². The number of hydrogen-bond donors (Lipinski definition) is 1. The smallest absolute Gasteiger partial charge is 0.378 e. The highest BCUT2D eigenvalue weighted by Gasteiger charge is 2.28. The first-order chi connectivity index (χ1) is 9.01. The third kappa shape index (κ3) is 8.47. The molecule has 0 spiro atoms. The normalized spacial score (nSPS) is 21.8. The van der Waals surface area contributed by atoms with Crippen molar-refractivity contribution in [1.29, 1.82) is 0 Å². The van der Waals surface area contributed by atoms with Crippen LogP contribution in [0, 0.1) is 0 Å². The topological polar surface area (TPSA) is 21.3 Å². The van der Waals surface area contributed by atoms with Gasteiger partial charge in [0.05, 0.1) is 6.10 Å². The van der Waals surface area contributed by atoms with Gasteiger partial charge in [0.15, 0.2) is 0 Å². The molecular weight excluding hydrogens is 255 g/mol. The molecule has 0 amide bonds. The number of nitrogens with one attached hydrogen (secondary N) is 1. The lowest BCUT2D eigenvalue weighted by molar-refractivity contribution is -0.136. The monoisotopic (exact) mass is 281 g/mol. The van der Waals surface area contributed by atoms with Gasteiger partial charge in [-0.25, -0.2) is 0 Å². The summed E-state index contributed by atoms with van der Waals surface area (Å²) >= 11 is 0. The predicted octanol–water partition coefficient (Wildman–Crippen LogP) is 4.05. The standard InChI is InChI=1S/C14H26F3NO/c1-2-10-18-12(8-9-14(15,16)17)5-3-6-13-7-4-11-19-13/h12-13,18H,2-11H2,1H3. The fourth-order valence-corrected chi connectivity index (χ4v) is 2.50. The van der Waals surface area contributed by atoms with Crippen LogP contribution in [0.25, 0.3) is 0 Å². The first kappa shape index (κ1) is 16.8. The highest BCUT2D eigenvalue weighted by molar-refractivity contribution is 4.71. The predicted molar refractivity (Wildman–Crippen MR) is 70.2 cm³/mol. The second-order valence-corrected chi connectivity index (χ2v) is 5.37. The van der Waals surface area contributed by atoms with Crippen molar-refractivity contribution in [1.82, 2.24) is 5.32 Å². The van der Waals surface area contributed by atoms with Crippen molar-refractivity contribution in [3.05, 3.63) is 0 Å². The molecule has 0 aromatic carbocycles. The van der Waals surface area contributed by atoms with E-state index >= 15 is 0 Å². The molecule has 1 aliphatic rings. The second-order valence-electron chi connectivity index (χ2n) is 5.37. The Bertz CT molecular complexity index is 227. The summed E-state index contributed by atoms with van der Waals surface area (Å²) < 4.78 is 42.3. The Morgan fingerprint density at radius 3 is 2.68 bits per heavy atom. The lowest BCUT2D eigenvalue weighted by atomic mass is 10.0. The summed E-state index contributed by atoms with van der Waals surface area (Å²) in [4.78, 5) is 0. The van der Waals surface area contributed by atoms with Gasteiger partial charge in [-0.15, -0.1) is 0 Å². The zero-order valence-corrected chi connectivity index (χ0v) is 11.8. The van der Waals surface area contributed by atoms with E-state index in [1.54, 1.807) is 0 Å². The molecule has 2 atom stereocenters. The van der Waals surface area contributed by atoms with E-state index in [0.717, 1.165) is 51.7 Å². The van der Waals surface area contributed by atoms with Gasteiger partial charge in [-0.1, -0.05) is 6.92 Å². The summed E-state index contributed by atoms with van der Waals surface area (Å²) in [6.07, 6.45) is 1.73. The third-order valence-electron chi connectivity index (χ3n) is 3.56. The van der Waals surface area contributed by atoms with Crippen LogP contribution < -0.4 is 5.32 Å². The van der Waals surface area contributed by atoms with Gasteiger partial charge in [-0.05, 0) is 51.5 Å². The Kier molecular flexibility index (Phi) is 7.76. The Hall–Kier alpha value is -0.290. The average molecular weight is 281 g/mol. The van der Waals surface area contributed by atoms with Crippen LogP contribution >= 0.6 is 0 Å². The van der Waals surface area contributed by atoms with Crippen molar-refractivity contribution < 1.29 is 17.9 Å². The van der Waals surface area contributed by atoms with Gasteiger partial charge in [0.25, 0.3) is 0 Å². The van der Waals surface area contributed by atoms with Crippen molar-refractivity contribution in [3.8, 4) is 0 Å². The number of hydrogen-bond acceptors (Lipinski definition) is 2. The van der Waals surface area contributed by atoms with E-state index in [2.05, 4.69) is 5.32 Å². The van der Waals surface area contributed by atoms with Crippen LogP contribution in [-0.4, -0.2) is 31.5 Å². The zero-order valence-electron chi connectivity index (χ0n) is 11.8. The molecule has 0 bridgehead atoms. The summed E-state index contributed by atoms with van der Waals surface area (Å²) in [7, 11) is 0. The fourth-order valence-electron chi connectivity index (χ4n) is 2.50.